The lowest BCUT2D eigenvalue weighted by Crippen LogP contribution is -2.70. The van der Waals surface area contributed by atoms with Crippen LogP contribution in [0.1, 0.15) is 6.42 Å². The van der Waals surface area contributed by atoms with Crippen LogP contribution in [0, 0.1) is 0 Å². The van der Waals surface area contributed by atoms with Crippen molar-refractivity contribution in [2.45, 2.75) is 23.4 Å². The fraction of sp³-hybridized carbons (Fsp3) is 0.429. The van der Waals surface area contributed by atoms with E-state index in [4.69, 9.17) is 0 Å². The van der Waals surface area contributed by atoms with Crippen molar-refractivity contribution in [1.29, 1.82) is 0 Å². The minimum absolute atomic E-state index is 0.0395. The standard InChI is InChI=1S/C14H16N8O2S/c1-19-8-12(5-16-19)25(23,24)22-10-4-11(22)7-20(6-10)14-3-2-13-17-15-9-21(13)18-14/h2-3,5,8-11H,4,6-7H2,1H3. The molecule has 3 aliphatic rings. The molecule has 11 heteroatoms. The summed E-state index contributed by atoms with van der Waals surface area (Å²) in [6.45, 7) is 1.24. The molecule has 0 aromatic carbocycles. The van der Waals surface area contributed by atoms with Gasteiger partial charge in [0.05, 0.1) is 6.20 Å². The molecular formula is C14H16N8O2S. The Morgan fingerprint density at radius 3 is 2.72 bits per heavy atom. The molecule has 0 radical (unpaired) electrons. The predicted octanol–water partition coefficient (Wildman–Crippen LogP) is -0.490. The monoisotopic (exact) mass is 360 g/mol. The third-order valence-electron chi connectivity index (χ3n) is 4.85. The highest BCUT2D eigenvalue weighted by Gasteiger charge is 2.51. The van der Waals surface area contributed by atoms with E-state index in [2.05, 4.69) is 25.3 Å². The first-order valence-corrected chi connectivity index (χ1v) is 9.40. The molecule has 0 spiro atoms. The highest BCUT2D eigenvalue weighted by molar-refractivity contribution is 7.89. The molecule has 6 rings (SSSR count). The smallest absolute Gasteiger partial charge is 0.246 e. The minimum Gasteiger partial charge on any atom is -0.352 e. The van der Waals surface area contributed by atoms with Crippen LogP contribution >= 0.6 is 0 Å². The minimum atomic E-state index is -3.49. The summed E-state index contributed by atoms with van der Waals surface area (Å²) in [4.78, 5) is 2.37. The number of aromatic nitrogens is 6. The zero-order valence-electron chi connectivity index (χ0n) is 13.5. The maximum atomic E-state index is 12.8. The van der Waals surface area contributed by atoms with Gasteiger partial charge < -0.3 is 4.90 Å². The largest absolute Gasteiger partial charge is 0.352 e. The number of hydrogen-bond acceptors (Lipinski definition) is 7. The van der Waals surface area contributed by atoms with Crippen LogP contribution in [-0.4, -0.2) is 67.5 Å². The van der Waals surface area contributed by atoms with Gasteiger partial charge in [0.15, 0.2) is 5.65 Å². The summed E-state index contributed by atoms with van der Waals surface area (Å²) >= 11 is 0. The van der Waals surface area contributed by atoms with E-state index in [0.29, 0.717) is 18.7 Å². The summed E-state index contributed by atoms with van der Waals surface area (Å²) in [5.41, 5.74) is 0.687. The average molecular weight is 360 g/mol. The normalized spacial score (nSPS) is 23.8. The zero-order valence-corrected chi connectivity index (χ0v) is 14.3. The number of fused-ring (bicyclic) bond motifs is 3. The Morgan fingerprint density at radius 1 is 1.20 bits per heavy atom. The lowest BCUT2D eigenvalue weighted by atomic mass is 9.91. The summed E-state index contributed by atoms with van der Waals surface area (Å²) in [5, 5.41) is 16.3. The van der Waals surface area contributed by atoms with E-state index >= 15 is 0 Å². The number of hydrogen-bond donors (Lipinski definition) is 0. The summed E-state index contributed by atoms with van der Waals surface area (Å²) in [6.07, 6.45) is 5.39. The number of sulfonamides is 1. The van der Waals surface area contributed by atoms with Crippen LogP contribution in [0.5, 0.6) is 0 Å². The molecule has 3 aromatic rings. The third-order valence-corrected chi connectivity index (χ3v) is 6.81. The van der Waals surface area contributed by atoms with E-state index in [9.17, 15) is 8.42 Å². The van der Waals surface area contributed by atoms with Crippen LogP contribution < -0.4 is 4.90 Å². The second-order valence-electron chi connectivity index (χ2n) is 6.46. The van der Waals surface area contributed by atoms with Crippen molar-refractivity contribution in [2.24, 2.45) is 7.05 Å². The van der Waals surface area contributed by atoms with E-state index in [1.165, 1.54) is 10.9 Å². The van der Waals surface area contributed by atoms with Gasteiger partial charge in [-0.1, -0.05) is 0 Å². The highest BCUT2D eigenvalue weighted by atomic mass is 32.2. The number of rotatable bonds is 3. The first kappa shape index (κ1) is 14.8. The van der Waals surface area contributed by atoms with Gasteiger partial charge in [0.25, 0.3) is 0 Å². The van der Waals surface area contributed by atoms with Crippen molar-refractivity contribution >= 4 is 21.5 Å². The van der Waals surface area contributed by atoms with Crippen LogP contribution in [0.25, 0.3) is 5.65 Å². The van der Waals surface area contributed by atoms with Crippen LogP contribution in [0.15, 0.2) is 35.7 Å². The van der Waals surface area contributed by atoms with Gasteiger partial charge in [0.1, 0.15) is 17.0 Å². The molecule has 2 atom stereocenters. The number of piperidine rings is 1. The molecule has 6 heterocycles. The van der Waals surface area contributed by atoms with E-state index in [-0.39, 0.29) is 17.0 Å². The molecular weight excluding hydrogens is 344 g/mol. The maximum Gasteiger partial charge on any atom is 0.246 e. The van der Waals surface area contributed by atoms with Crippen molar-refractivity contribution < 1.29 is 8.42 Å². The summed E-state index contributed by atoms with van der Waals surface area (Å²) in [5.74, 6) is 0.806. The third kappa shape index (κ3) is 2.15. The highest BCUT2D eigenvalue weighted by Crippen LogP contribution is 2.38. The van der Waals surface area contributed by atoms with E-state index < -0.39 is 10.0 Å². The van der Waals surface area contributed by atoms with Gasteiger partial charge in [-0.25, -0.2) is 8.42 Å². The molecule has 3 fully saturated rings. The van der Waals surface area contributed by atoms with Crippen LogP contribution in [0.3, 0.4) is 0 Å². The summed E-state index contributed by atoms with van der Waals surface area (Å²) < 4.78 is 30.4. The fourth-order valence-corrected chi connectivity index (χ4v) is 5.50. The predicted molar refractivity (Wildman–Crippen MR) is 87.4 cm³/mol. The van der Waals surface area contributed by atoms with Gasteiger partial charge in [0, 0.05) is 38.4 Å². The summed E-state index contributed by atoms with van der Waals surface area (Å²) in [7, 11) is -1.78. The van der Waals surface area contributed by atoms with Gasteiger partial charge in [0.2, 0.25) is 10.0 Å². The second-order valence-corrected chi connectivity index (χ2v) is 8.30. The molecule has 25 heavy (non-hydrogen) atoms. The fourth-order valence-electron chi connectivity index (χ4n) is 3.70. The molecule has 130 valence electrons. The van der Waals surface area contributed by atoms with Crippen molar-refractivity contribution in [1.82, 2.24) is 33.9 Å². The quantitative estimate of drug-likeness (QED) is 0.621. The van der Waals surface area contributed by atoms with Gasteiger partial charge in [-0.3, -0.25) is 4.68 Å². The number of aryl methyl sites for hydroxylation is 1. The zero-order chi connectivity index (χ0) is 17.2. The van der Waals surface area contributed by atoms with Crippen molar-refractivity contribution in [3.05, 3.63) is 30.9 Å². The van der Waals surface area contributed by atoms with Crippen molar-refractivity contribution in [3.63, 3.8) is 0 Å². The molecule has 0 aliphatic carbocycles. The van der Waals surface area contributed by atoms with Gasteiger partial charge in [-0.05, 0) is 18.6 Å². The van der Waals surface area contributed by atoms with Gasteiger partial charge in [-0.15, -0.1) is 15.3 Å². The van der Waals surface area contributed by atoms with Crippen molar-refractivity contribution in [2.75, 3.05) is 18.0 Å². The van der Waals surface area contributed by atoms with Crippen molar-refractivity contribution in [3.8, 4) is 0 Å². The Balaban J connectivity index is 1.40. The van der Waals surface area contributed by atoms with E-state index in [0.717, 1.165) is 12.2 Å². The number of piperazine rings is 1. The molecule has 3 aliphatic heterocycles. The lowest BCUT2D eigenvalue weighted by molar-refractivity contribution is 0.0873. The van der Waals surface area contributed by atoms with Gasteiger partial charge in [-0.2, -0.15) is 13.9 Å². The SMILES string of the molecule is Cn1cc(S(=O)(=O)N2C3CC2CN(c2ccc4nncn4n2)C3)cn1. The van der Waals surface area contributed by atoms with E-state index in [1.54, 1.807) is 28.4 Å². The molecule has 0 saturated carbocycles. The Kier molecular flexibility index (Phi) is 2.95. The summed E-state index contributed by atoms with van der Waals surface area (Å²) in [6, 6.07) is 3.68. The Hall–Kier alpha value is -2.53. The first-order chi connectivity index (χ1) is 12.0. The number of anilines is 1. The topological polar surface area (TPSA) is 102 Å². The molecule has 0 amide bonds. The average Bonchev–Trinajstić information content (AvgIpc) is 3.22. The molecule has 10 nitrogen and oxygen atoms in total. The Labute approximate surface area is 143 Å². The molecule has 2 unspecified atom stereocenters. The maximum absolute atomic E-state index is 12.8. The van der Waals surface area contributed by atoms with Crippen LogP contribution in [0.4, 0.5) is 5.82 Å². The van der Waals surface area contributed by atoms with E-state index in [1.807, 2.05) is 12.1 Å². The molecule has 0 N–H and O–H groups in total. The Bertz CT molecular complexity index is 1050. The Morgan fingerprint density at radius 2 is 2.00 bits per heavy atom. The lowest BCUT2D eigenvalue weighted by Gasteiger charge is -2.55. The molecule has 2 bridgehead atoms. The number of nitrogens with zero attached hydrogens (tertiary/aromatic N) is 8. The molecule has 3 aromatic heterocycles. The van der Waals surface area contributed by atoms with Crippen LogP contribution in [0.2, 0.25) is 0 Å². The first-order valence-electron chi connectivity index (χ1n) is 7.96. The van der Waals surface area contributed by atoms with Crippen LogP contribution in [-0.2, 0) is 17.1 Å². The van der Waals surface area contributed by atoms with Gasteiger partial charge >= 0.3 is 0 Å². The second kappa shape index (κ2) is 4.99. The molecule has 3 saturated heterocycles.